The first-order chi connectivity index (χ1) is 14.2. The predicted molar refractivity (Wildman–Crippen MR) is 122 cm³/mol. The molecular weight excluding hydrogens is 390 g/mol. The number of thiazole rings is 1. The van der Waals surface area contributed by atoms with Crippen molar-refractivity contribution in [2.24, 2.45) is 0 Å². The summed E-state index contributed by atoms with van der Waals surface area (Å²) in [6.45, 7) is 10.4. The Hall–Kier alpha value is -3.41. The lowest BCUT2D eigenvalue weighted by molar-refractivity contribution is 0.590. The van der Waals surface area contributed by atoms with Gasteiger partial charge in [-0.1, -0.05) is 62.7 Å². The van der Waals surface area contributed by atoms with Gasteiger partial charge in [-0.25, -0.2) is 0 Å². The van der Waals surface area contributed by atoms with Gasteiger partial charge in [0.1, 0.15) is 16.8 Å². The maximum absolute atomic E-state index is 13.3. The third-order valence-electron chi connectivity index (χ3n) is 4.93. The Morgan fingerprint density at radius 2 is 1.67 bits per heavy atom. The quantitative estimate of drug-likeness (QED) is 0.641. The number of benzene rings is 2. The Bertz CT molecular complexity index is 1350. The number of rotatable bonds is 2. The lowest BCUT2D eigenvalue weighted by atomic mass is 9.87. The molecule has 3 rings (SSSR count). The minimum Gasteiger partial charge on any atom is -0.267 e. The van der Waals surface area contributed by atoms with Crippen LogP contribution in [0, 0.1) is 36.5 Å². The average molecular weight is 414 g/mol. The molecule has 0 N–H and O–H groups in total. The Balaban J connectivity index is 2.30. The van der Waals surface area contributed by atoms with Crippen molar-refractivity contribution in [1.29, 1.82) is 10.5 Å². The van der Waals surface area contributed by atoms with Crippen LogP contribution in [0.15, 0.2) is 47.3 Å². The molecule has 0 saturated heterocycles. The van der Waals surface area contributed by atoms with Crippen LogP contribution in [-0.2, 0) is 5.41 Å². The molecule has 1 heterocycles. The van der Waals surface area contributed by atoms with E-state index in [-0.39, 0.29) is 16.5 Å². The summed E-state index contributed by atoms with van der Waals surface area (Å²) in [6, 6.07) is 17.7. The fraction of sp³-hybridized carbons (Fsp3) is 0.240. The van der Waals surface area contributed by atoms with Crippen LogP contribution in [-0.4, -0.2) is 4.57 Å². The van der Waals surface area contributed by atoms with Crippen LogP contribution in [0.1, 0.15) is 43.0 Å². The van der Waals surface area contributed by atoms with Crippen LogP contribution >= 0.6 is 11.3 Å². The molecule has 0 radical (unpaired) electrons. The lowest BCUT2D eigenvalue weighted by Gasteiger charge is -2.18. The largest absolute Gasteiger partial charge is 0.273 e. The van der Waals surface area contributed by atoms with E-state index in [0.717, 1.165) is 16.7 Å². The van der Waals surface area contributed by atoms with Crippen LogP contribution in [0.3, 0.4) is 0 Å². The van der Waals surface area contributed by atoms with Gasteiger partial charge >= 0.3 is 0 Å². The van der Waals surface area contributed by atoms with Crippen molar-refractivity contribution in [1.82, 2.24) is 4.57 Å². The summed E-state index contributed by atoms with van der Waals surface area (Å²) in [5.41, 5.74) is 4.53. The normalized spacial score (nSPS) is 11.8. The molecule has 1 aromatic heterocycles. The molecule has 0 fully saturated rings. The van der Waals surface area contributed by atoms with Crippen molar-refractivity contribution in [3.63, 3.8) is 0 Å². The Labute approximate surface area is 180 Å². The van der Waals surface area contributed by atoms with Crippen molar-refractivity contribution in [3.05, 3.63) is 84.3 Å². The van der Waals surface area contributed by atoms with Crippen molar-refractivity contribution in [2.45, 2.75) is 40.0 Å². The molecule has 2 aromatic carbocycles. The Morgan fingerprint density at radius 3 is 2.20 bits per heavy atom. The van der Waals surface area contributed by atoms with E-state index in [1.807, 2.05) is 62.4 Å². The van der Waals surface area contributed by atoms with Gasteiger partial charge in [0.15, 0.2) is 5.57 Å². The molecule has 0 unspecified atom stereocenters. The fourth-order valence-electron chi connectivity index (χ4n) is 3.28. The summed E-state index contributed by atoms with van der Waals surface area (Å²) in [5.74, 6) is 0. The molecule has 3 aromatic rings. The van der Waals surface area contributed by atoms with Crippen molar-refractivity contribution in [2.75, 3.05) is 0 Å². The maximum Gasteiger partial charge on any atom is 0.273 e. The van der Waals surface area contributed by atoms with E-state index in [4.69, 9.17) is 0 Å². The zero-order chi connectivity index (χ0) is 22.1. The number of aromatic nitrogens is 1. The third-order valence-corrected chi connectivity index (χ3v) is 6.02. The van der Waals surface area contributed by atoms with E-state index >= 15 is 0 Å². The fourth-order valence-corrected chi connectivity index (χ4v) is 4.32. The van der Waals surface area contributed by atoms with E-state index in [2.05, 4.69) is 32.9 Å². The summed E-state index contributed by atoms with van der Waals surface area (Å²) < 4.78 is 2.32. The highest BCUT2D eigenvalue weighted by Gasteiger charge is 2.14. The predicted octanol–water partition coefficient (Wildman–Crippen LogP) is 3.84. The molecule has 0 aliphatic heterocycles. The summed E-state index contributed by atoms with van der Waals surface area (Å²) in [6.07, 6.45) is 1.81. The molecule has 4 nitrogen and oxygen atoms in total. The molecule has 0 amide bonds. The summed E-state index contributed by atoms with van der Waals surface area (Å²) in [5, 5.41) is 18.9. The minimum absolute atomic E-state index is 0.0494. The van der Waals surface area contributed by atoms with Gasteiger partial charge in [-0.05, 0) is 48.1 Å². The monoisotopic (exact) mass is 413 g/mol. The van der Waals surface area contributed by atoms with Gasteiger partial charge in [0.25, 0.3) is 5.56 Å². The highest BCUT2D eigenvalue weighted by Crippen LogP contribution is 2.22. The zero-order valence-electron chi connectivity index (χ0n) is 17.8. The van der Waals surface area contributed by atoms with Gasteiger partial charge in [-0.2, -0.15) is 10.5 Å². The van der Waals surface area contributed by atoms with Gasteiger partial charge in [-0.3, -0.25) is 9.36 Å². The average Bonchev–Trinajstić information content (AvgIpc) is 2.99. The summed E-state index contributed by atoms with van der Waals surface area (Å²) >= 11 is 1.17. The Kier molecular flexibility index (Phi) is 5.78. The van der Waals surface area contributed by atoms with Gasteiger partial charge in [-0.15, -0.1) is 11.3 Å². The molecule has 0 atom stereocenters. The minimum atomic E-state index is -0.232. The SMILES string of the molecule is Cc1ccc(-n2c(=C(C#N)C#N)s/c(=C/c3ccc(C(C)(C)C)cc3)c2=O)c(C)c1. The van der Waals surface area contributed by atoms with E-state index in [0.29, 0.717) is 14.9 Å². The second kappa shape index (κ2) is 8.14. The highest BCUT2D eigenvalue weighted by molar-refractivity contribution is 7.07. The first-order valence-corrected chi connectivity index (χ1v) is 10.4. The number of hydrogen-bond acceptors (Lipinski definition) is 4. The molecule has 150 valence electrons. The van der Waals surface area contributed by atoms with E-state index in [1.54, 1.807) is 0 Å². The smallest absolute Gasteiger partial charge is 0.267 e. The molecule has 0 aliphatic carbocycles. The van der Waals surface area contributed by atoms with Crippen LogP contribution in [0.25, 0.3) is 17.3 Å². The van der Waals surface area contributed by atoms with Crippen LogP contribution in [0.4, 0.5) is 0 Å². The summed E-state index contributed by atoms with van der Waals surface area (Å²) in [4.78, 5) is 13.3. The summed E-state index contributed by atoms with van der Waals surface area (Å²) in [7, 11) is 0. The van der Waals surface area contributed by atoms with Gasteiger partial charge in [0.05, 0.1) is 10.2 Å². The van der Waals surface area contributed by atoms with Crippen LogP contribution in [0.2, 0.25) is 0 Å². The molecule has 5 heteroatoms. The van der Waals surface area contributed by atoms with Crippen LogP contribution < -0.4 is 14.8 Å². The van der Waals surface area contributed by atoms with Crippen molar-refractivity contribution < 1.29 is 0 Å². The van der Waals surface area contributed by atoms with E-state index in [9.17, 15) is 15.3 Å². The first kappa shape index (κ1) is 21.3. The number of aryl methyl sites for hydroxylation is 2. The highest BCUT2D eigenvalue weighted by atomic mass is 32.1. The van der Waals surface area contributed by atoms with Crippen molar-refractivity contribution >= 4 is 23.0 Å². The standard InChI is InChI=1S/C25H23N3OS/c1-16-6-11-21(17(2)12-16)28-23(29)22(30-24(28)19(14-26)15-27)13-18-7-9-20(10-8-18)25(3,4)5/h6-13H,1-5H3/b22-13+. The molecule has 0 aliphatic rings. The second-order valence-corrected chi connectivity index (χ2v) is 9.35. The molecule has 30 heavy (non-hydrogen) atoms. The third kappa shape index (κ3) is 4.13. The van der Waals surface area contributed by atoms with Gasteiger partial charge in [0.2, 0.25) is 0 Å². The first-order valence-electron chi connectivity index (χ1n) is 9.62. The number of nitriles is 2. The maximum atomic E-state index is 13.3. The Morgan fingerprint density at radius 1 is 1.03 bits per heavy atom. The van der Waals surface area contributed by atoms with Crippen molar-refractivity contribution in [3.8, 4) is 17.8 Å². The topological polar surface area (TPSA) is 69.6 Å². The molecule has 0 spiro atoms. The van der Waals surface area contributed by atoms with E-state index < -0.39 is 0 Å². The second-order valence-electron chi connectivity index (χ2n) is 8.32. The zero-order valence-corrected chi connectivity index (χ0v) is 18.6. The van der Waals surface area contributed by atoms with E-state index in [1.165, 1.54) is 21.5 Å². The van der Waals surface area contributed by atoms with Gasteiger partial charge in [0, 0.05) is 0 Å². The molecule has 0 saturated carbocycles. The number of nitrogens with zero attached hydrogens (tertiary/aromatic N) is 3. The van der Waals surface area contributed by atoms with Gasteiger partial charge < -0.3 is 0 Å². The van der Waals surface area contributed by atoms with Crippen LogP contribution in [0.5, 0.6) is 0 Å². The number of hydrogen-bond donors (Lipinski definition) is 0. The molecular formula is C25H23N3OS. The molecule has 0 bridgehead atoms. The lowest BCUT2D eigenvalue weighted by Crippen LogP contribution is -2.31.